The molecule has 3 heteroatoms. The highest BCUT2D eigenvalue weighted by atomic mass is 16.2. The van der Waals surface area contributed by atoms with E-state index in [0.717, 1.165) is 11.1 Å². The number of nitrogens with zero attached hydrogens (tertiary/aromatic N) is 1. The summed E-state index contributed by atoms with van der Waals surface area (Å²) in [4.78, 5) is 13.6. The number of urea groups is 1. The predicted molar refractivity (Wildman–Crippen MR) is 47.1 cm³/mol. The Bertz CT molecular complexity index is 360. The quantitative estimate of drug-likeness (QED) is 0.619. The lowest BCUT2D eigenvalue weighted by atomic mass is 10.1. The van der Waals surface area contributed by atoms with Gasteiger partial charge in [0.25, 0.3) is 0 Å². The summed E-state index contributed by atoms with van der Waals surface area (Å²) in [7, 11) is 0. The van der Waals surface area contributed by atoms with Gasteiger partial charge >= 0.3 is 6.03 Å². The molecule has 0 fully saturated rings. The van der Waals surface area contributed by atoms with Gasteiger partial charge < -0.3 is 0 Å². The van der Waals surface area contributed by atoms with Gasteiger partial charge in [0, 0.05) is 0 Å². The fourth-order valence-corrected chi connectivity index (χ4v) is 0.814. The second-order valence-electron chi connectivity index (χ2n) is 2.38. The summed E-state index contributed by atoms with van der Waals surface area (Å²) in [6.07, 6.45) is 0. The molecule has 1 aromatic carbocycles. The number of aryl methyl sites for hydroxylation is 1. The molecule has 1 aromatic rings. The first-order valence-electron chi connectivity index (χ1n) is 3.52. The van der Waals surface area contributed by atoms with Gasteiger partial charge in [-0.2, -0.15) is 4.79 Å². The molecule has 1 rings (SSSR count). The number of amides is 2. The molecule has 0 spiro atoms. The second-order valence-corrected chi connectivity index (χ2v) is 2.38. The van der Waals surface area contributed by atoms with Crippen molar-refractivity contribution in [2.75, 3.05) is 0 Å². The second kappa shape index (κ2) is 3.54. The molecule has 0 unspecified atom stereocenters. The lowest BCUT2D eigenvalue weighted by Crippen LogP contribution is -2.00. The minimum absolute atomic E-state index is 0.724. The summed E-state index contributed by atoms with van der Waals surface area (Å²) in [5.41, 5.74) is 6.63. The molecule has 2 N–H and O–H groups in total. The van der Waals surface area contributed by atoms with Gasteiger partial charge in [-0.3, -0.25) is 0 Å². The Morgan fingerprint density at radius 1 is 1.50 bits per heavy atom. The third-order valence-corrected chi connectivity index (χ3v) is 1.43. The van der Waals surface area contributed by atoms with Gasteiger partial charge in [0.2, 0.25) is 0 Å². The van der Waals surface area contributed by atoms with E-state index < -0.39 is 6.03 Å². The van der Waals surface area contributed by atoms with Crippen molar-refractivity contribution < 1.29 is 4.79 Å². The molecule has 0 aromatic heterocycles. The number of hydrogen-bond donors (Lipinski definition) is 1. The fourth-order valence-electron chi connectivity index (χ4n) is 0.814. The molecule has 60 valence electrons. The summed E-state index contributed by atoms with van der Waals surface area (Å²) < 4.78 is 0. The van der Waals surface area contributed by atoms with E-state index in [1.807, 2.05) is 31.2 Å². The minimum atomic E-state index is -0.724. The SMILES string of the molecule is Cc1ccccc1C#[N+]C(N)=O. The van der Waals surface area contributed by atoms with E-state index in [2.05, 4.69) is 10.9 Å². The molecular formula is C9H9N2O+. The van der Waals surface area contributed by atoms with Crippen molar-refractivity contribution in [3.8, 4) is 6.07 Å². The van der Waals surface area contributed by atoms with Gasteiger partial charge in [-0.15, -0.1) is 4.85 Å². The third-order valence-electron chi connectivity index (χ3n) is 1.43. The van der Waals surface area contributed by atoms with Crippen molar-refractivity contribution in [2.24, 2.45) is 5.73 Å². The van der Waals surface area contributed by atoms with Crippen LogP contribution < -0.4 is 5.73 Å². The molecule has 0 atom stereocenters. The van der Waals surface area contributed by atoms with Crippen molar-refractivity contribution in [3.63, 3.8) is 0 Å². The van der Waals surface area contributed by atoms with E-state index in [4.69, 9.17) is 5.73 Å². The molecule has 2 amide bonds. The number of nitrogens with two attached hydrogens (primary N) is 1. The number of carbonyl (C=O) groups excluding carboxylic acids is 1. The van der Waals surface area contributed by atoms with Gasteiger partial charge in [-0.1, -0.05) is 18.2 Å². The van der Waals surface area contributed by atoms with Crippen molar-refractivity contribution in [1.82, 2.24) is 0 Å². The van der Waals surface area contributed by atoms with Crippen LogP contribution in [0, 0.1) is 13.0 Å². The Balaban J connectivity index is 2.99. The molecule has 0 saturated heterocycles. The molecule has 0 heterocycles. The summed E-state index contributed by atoms with van der Waals surface area (Å²) in [6.45, 7) is 1.92. The smallest absolute Gasteiger partial charge is 0.235 e. The first-order chi connectivity index (χ1) is 5.70. The van der Waals surface area contributed by atoms with Crippen LogP contribution in [0.25, 0.3) is 4.85 Å². The van der Waals surface area contributed by atoms with Crippen LogP contribution in [0.1, 0.15) is 11.1 Å². The van der Waals surface area contributed by atoms with Crippen molar-refractivity contribution in [1.29, 1.82) is 0 Å². The van der Waals surface area contributed by atoms with Gasteiger partial charge in [0.05, 0.1) is 5.56 Å². The monoisotopic (exact) mass is 161 g/mol. The molecule has 0 aliphatic rings. The first kappa shape index (κ1) is 8.28. The van der Waals surface area contributed by atoms with E-state index in [0.29, 0.717) is 0 Å². The summed E-state index contributed by atoms with van der Waals surface area (Å²) in [5.74, 6) is 0. The Labute approximate surface area is 70.6 Å². The van der Waals surface area contributed by atoms with Gasteiger partial charge in [-0.05, 0) is 18.6 Å². The highest BCUT2D eigenvalue weighted by molar-refractivity contribution is 5.83. The zero-order chi connectivity index (χ0) is 8.97. The van der Waals surface area contributed by atoms with Gasteiger partial charge in [0.1, 0.15) is 0 Å². The van der Waals surface area contributed by atoms with Gasteiger partial charge in [0.15, 0.2) is 6.07 Å². The highest BCUT2D eigenvalue weighted by Gasteiger charge is 1.98. The fraction of sp³-hybridized carbons (Fsp3) is 0.111. The average molecular weight is 161 g/mol. The number of rotatable bonds is 0. The maximum atomic E-state index is 10.3. The summed E-state index contributed by atoms with van der Waals surface area (Å²) in [5, 5.41) is 0. The van der Waals surface area contributed by atoms with Crippen LogP contribution in [-0.2, 0) is 0 Å². The topological polar surface area (TPSA) is 47.5 Å². The average Bonchev–Trinajstić information content (AvgIpc) is 2.03. The van der Waals surface area contributed by atoms with E-state index in [1.165, 1.54) is 0 Å². The molecule has 3 nitrogen and oxygen atoms in total. The van der Waals surface area contributed by atoms with Crippen LogP contribution in [0.2, 0.25) is 0 Å². The Hall–Kier alpha value is -1.82. The Morgan fingerprint density at radius 2 is 2.17 bits per heavy atom. The van der Waals surface area contributed by atoms with Crippen molar-refractivity contribution >= 4 is 6.03 Å². The number of carbonyl (C=O) groups is 1. The summed E-state index contributed by atoms with van der Waals surface area (Å²) in [6, 6.07) is 9.34. The standard InChI is InChI=1S/C9H8N2O/c1-7-4-2-3-5-8(7)6-11-9(10)12/h2-5H,1H3,(H-,10,12)/p+1. The zero-order valence-corrected chi connectivity index (χ0v) is 6.74. The molecule has 12 heavy (non-hydrogen) atoms. The van der Waals surface area contributed by atoms with Crippen LogP contribution in [0.3, 0.4) is 0 Å². The lowest BCUT2D eigenvalue weighted by Gasteiger charge is -1.90. The van der Waals surface area contributed by atoms with Gasteiger partial charge in [-0.25, -0.2) is 5.73 Å². The number of primary amides is 1. The first-order valence-corrected chi connectivity index (χ1v) is 3.52. The molecular weight excluding hydrogens is 152 g/mol. The normalized spacial score (nSPS) is 8.42. The van der Waals surface area contributed by atoms with Crippen LogP contribution in [0.4, 0.5) is 4.79 Å². The van der Waals surface area contributed by atoms with Crippen molar-refractivity contribution in [2.45, 2.75) is 6.92 Å². The molecule has 0 saturated carbocycles. The Kier molecular flexibility index (Phi) is 2.44. The molecule has 0 aliphatic heterocycles. The van der Waals surface area contributed by atoms with E-state index in [1.54, 1.807) is 0 Å². The van der Waals surface area contributed by atoms with Crippen LogP contribution in [0.15, 0.2) is 24.3 Å². The van der Waals surface area contributed by atoms with E-state index in [-0.39, 0.29) is 0 Å². The maximum absolute atomic E-state index is 10.3. The Morgan fingerprint density at radius 3 is 2.75 bits per heavy atom. The predicted octanol–water partition coefficient (Wildman–Crippen LogP) is 1.75. The van der Waals surface area contributed by atoms with Crippen LogP contribution in [0.5, 0.6) is 0 Å². The third kappa shape index (κ3) is 2.10. The maximum Gasteiger partial charge on any atom is 0.596 e. The largest absolute Gasteiger partial charge is 0.596 e. The minimum Gasteiger partial charge on any atom is -0.235 e. The molecule has 0 aliphatic carbocycles. The summed E-state index contributed by atoms with van der Waals surface area (Å²) >= 11 is 0. The lowest BCUT2D eigenvalue weighted by molar-refractivity contribution is 0.261. The number of hydrogen-bond acceptors (Lipinski definition) is 1. The molecule has 0 bridgehead atoms. The van der Waals surface area contributed by atoms with Crippen molar-refractivity contribution in [3.05, 3.63) is 40.2 Å². The van der Waals surface area contributed by atoms with Crippen LogP contribution >= 0.6 is 0 Å². The van der Waals surface area contributed by atoms with E-state index >= 15 is 0 Å². The highest BCUT2D eigenvalue weighted by Crippen LogP contribution is 2.04. The molecule has 0 radical (unpaired) electrons. The number of benzene rings is 1. The van der Waals surface area contributed by atoms with E-state index in [9.17, 15) is 4.79 Å². The zero-order valence-electron chi connectivity index (χ0n) is 6.74. The van der Waals surface area contributed by atoms with Crippen LogP contribution in [-0.4, -0.2) is 6.03 Å².